The van der Waals surface area contributed by atoms with Crippen LogP contribution in [-0.2, 0) is 43.2 Å². The summed E-state index contributed by atoms with van der Waals surface area (Å²) in [5.41, 5.74) is 7.98. The lowest BCUT2D eigenvalue weighted by molar-refractivity contribution is -0.142. The molecule has 0 radical (unpaired) electrons. The SMILES string of the molecule is CC(C(=O)N1CCCC1C(=O)NCc1cc(Cl)ccc1CN)C(CCC(=O)O)NS(=O)(=O)Cc1ccccc1. The van der Waals surface area contributed by atoms with Crippen molar-refractivity contribution < 1.29 is 27.9 Å². The minimum absolute atomic E-state index is 0.0718. The van der Waals surface area contributed by atoms with Crippen LogP contribution in [0.1, 0.15) is 49.3 Å². The predicted octanol–water partition coefficient (Wildman–Crippen LogP) is 2.40. The van der Waals surface area contributed by atoms with Gasteiger partial charge < -0.3 is 21.1 Å². The first-order valence-electron chi connectivity index (χ1n) is 12.8. The molecule has 2 amide bonds. The van der Waals surface area contributed by atoms with Gasteiger partial charge in [-0.1, -0.05) is 54.9 Å². The monoisotopic (exact) mass is 578 g/mol. The van der Waals surface area contributed by atoms with Crippen LogP contribution in [0.25, 0.3) is 0 Å². The maximum atomic E-state index is 13.5. The van der Waals surface area contributed by atoms with Gasteiger partial charge in [0.2, 0.25) is 21.8 Å². The van der Waals surface area contributed by atoms with Crippen LogP contribution in [0.3, 0.4) is 0 Å². The largest absolute Gasteiger partial charge is 0.481 e. The van der Waals surface area contributed by atoms with E-state index in [0.717, 1.165) is 11.1 Å². The summed E-state index contributed by atoms with van der Waals surface area (Å²) in [7, 11) is -3.88. The summed E-state index contributed by atoms with van der Waals surface area (Å²) in [5.74, 6) is -3.03. The molecule has 0 bridgehead atoms. The molecule has 2 aromatic carbocycles. The fourth-order valence-corrected chi connectivity index (χ4v) is 6.44. The number of carboxylic acids is 1. The van der Waals surface area contributed by atoms with Crippen molar-refractivity contribution in [2.45, 2.75) is 63.5 Å². The van der Waals surface area contributed by atoms with E-state index in [4.69, 9.17) is 17.3 Å². The number of likely N-dealkylation sites (tertiary alicyclic amines) is 1. The van der Waals surface area contributed by atoms with Crippen molar-refractivity contribution in [1.82, 2.24) is 14.9 Å². The highest BCUT2D eigenvalue weighted by Crippen LogP contribution is 2.24. The van der Waals surface area contributed by atoms with Crippen molar-refractivity contribution >= 4 is 39.4 Å². The van der Waals surface area contributed by atoms with E-state index in [1.165, 1.54) is 4.90 Å². The molecule has 0 spiro atoms. The van der Waals surface area contributed by atoms with E-state index in [9.17, 15) is 27.9 Å². The first-order valence-corrected chi connectivity index (χ1v) is 14.8. The van der Waals surface area contributed by atoms with Crippen molar-refractivity contribution in [2.75, 3.05) is 6.54 Å². The minimum Gasteiger partial charge on any atom is -0.481 e. The highest BCUT2D eigenvalue weighted by atomic mass is 35.5. The van der Waals surface area contributed by atoms with Crippen LogP contribution in [0.5, 0.6) is 0 Å². The van der Waals surface area contributed by atoms with Crippen LogP contribution in [0, 0.1) is 5.92 Å². The van der Waals surface area contributed by atoms with Crippen LogP contribution in [0.4, 0.5) is 0 Å². The summed E-state index contributed by atoms with van der Waals surface area (Å²) in [5, 5.41) is 12.6. The number of rotatable bonds is 13. The lowest BCUT2D eigenvalue weighted by Crippen LogP contribution is -2.51. The number of benzene rings is 2. The van der Waals surface area contributed by atoms with E-state index >= 15 is 0 Å². The molecule has 2 aromatic rings. The van der Waals surface area contributed by atoms with Crippen molar-refractivity contribution in [3.8, 4) is 0 Å². The molecule has 1 aliphatic heterocycles. The smallest absolute Gasteiger partial charge is 0.303 e. The Balaban J connectivity index is 1.70. The molecule has 1 fully saturated rings. The Labute approximate surface area is 233 Å². The molecule has 1 heterocycles. The molecular weight excluding hydrogens is 544 g/mol. The zero-order chi connectivity index (χ0) is 28.6. The average molecular weight is 579 g/mol. The minimum atomic E-state index is -3.88. The second kappa shape index (κ2) is 13.9. The number of aliphatic carboxylic acids is 1. The van der Waals surface area contributed by atoms with E-state index < -0.39 is 39.9 Å². The topological polar surface area (TPSA) is 159 Å². The van der Waals surface area contributed by atoms with Gasteiger partial charge in [-0.2, -0.15) is 0 Å². The summed E-state index contributed by atoms with van der Waals surface area (Å²) in [6.07, 6.45) is 0.686. The molecule has 1 saturated heterocycles. The third-order valence-electron chi connectivity index (χ3n) is 6.87. The van der Waals surface area contributed by atoms with Gasteiger partial charge in [0, 0.05) is 37.1 Å². The number of nitrogens with zero attached hydrogens (tertiary/aromatic N) is 1. The zero-order valence-corrected chi connectivity index (χ0v) is 23.4. The average Bonchev–Trinajstić information content (AvgIpc) is 3.39. The van der Waals surface area contributed by atoms with E-state index in [1.807, 2.05) is 0 Å². The van der Waals surface area contributed by atoms with Crippen LogP contribution in [0.2, 0.25) is 5.02 Å². The second-order valence-corrected chi connectivity index (χ2v) is 11.9. The molecule has 3 unspecified atom stereocenters. The Bertz CT molecular complexity index is 1270. The quantitative estimate of drug-likeness (QED) is 0.284. The lowest BCUT2D eigenvalue weighted by atomic mass is 9.96. The molecule has 12 heteroatoms. The first-order chi connectivity index (χ1) is 18.5. The summed E-state index contributed by atoms with van der Waals surface area (Å²) in [6.45, 7) is 2.38. The predicted molar refractivity (Wildman–Crippen MR) is 148 cm³/mol. The van der Waals surface area contributed by atoms with E-state index in [1.54, 1.807) is 55.5 Å². The van der Waals surface area contributed by atoms with Crippen molar-refractivity contribution in [3.63, 3.8) is 0 Å². The van der Waals surface area contributed by atoms with Gasteiger partial charge in [0.15, 0.2) is 0 Å². The van der Waals surface area contributed by atoms with E-state index in [-0.39, 0.29) is 37.6 Å². The highest BCUT2D eigenvalue weighted by molar-refractivity contribution is 7.88. The van der Waals surface area contributed by atoms with Gasteiger partial charge in [0.1, 0.15) is 6.04 Å². The fourth-order valence-electron chi connectivity index (χ4n) is 4.75. The summed E-state index contributed by atoms with van der Waals surface area (Å²) < 4.78 is 28.4. The van der Waals surface area contributed by atoms with Gasteiger partial charge in [0.25, 0.3) is 0 Å². The number of carbonyl (C=O) groups excluding carboxylic acids is 2. The summed E-state index contributed by atoms with van der Waals surface area (Å²) in [6, 6.07) is 12.1. The molecule has 0 aliphatic carbocycles. The second-order valence-electron chi connectivity index (χ2n) is 9.71. The number of nitrogens with one attached hydrogen (secondary N) is 2. The molecule has 3 atom stereocenters. The number of halogens is 1. The zero-order valence-electron chi connectivity index (χ0n) is 21.8. The molecule has 10 nitrogen and oxygen atoms in total. The highest BCUT2D eigenvalue weighted by Gasteiger charge is 2.39. The lowest BCUT2D eigenvalue weighted by Gasteiger charge is -2.31. The van der Waals surface area contributed by atoms with Gasteiger partial charge in [0.05, 0.1) is 11.7 Å². The van der Waals surface area contributed by atoms with Gasteiger partial charge in [-0.15, -0.1) is 0 Å². The van der Waals surface area contributed by atoms with Gasteiger partial charge in [-0.25, -0.2) is 13.1 Å². The normalized spacial score (nSPS) is 17.0. The van der Waals surface area contributed by atoms with E-state index in [0.29, 0.717) is 30.0 Å². The molecule has 1 aliphatic rings. The summed E-state index contributed by atoms with van der Waals surface area (Å²) in [4.78, 5) is 39.4. The molecule has 3 rings (SSSR count). The van der Waals surface area contributed by atoms with Crippen LogP contribution in [0.15, 0.2) is 48.5 Å². The Morgan fingerprint density at radius 3 is 2.54 bits per heavy atom. The molecule has 0 aromatic heterocycles. The maximum Gasteiger partial charge on any atom is 0.303 e. The van der Waals surface area contributed by atoms with E-state index in [2.05, 4.69) is 10.0 Å². The number of hydrogen-bond donors (Lipinski definition) is 4. The number of nitrogens with two attached hydrogens (primary N) is 1. The number of amides is 2. The fraction of sp³-hybridized carbons (Fsp3) is 0.444. The number of carboxylic acid groups (broad SMARTS) is 1. The molecule has 5 N–H and O–H groups in total. The Morgan fingerprint density at radius 1 is 1.15 bits per heavy atom. The Hall–Kier alpha value is -2.99. The third-order valence-corrected chi connectivity index (χ3v) is 8.48. The van der Waals surface area contributed by atoms with Gasteiger partial charge in [-0.05, 0) is 48.1 Å². The number of hydrogen-bond acceptors (Lipinski definition) is 6. The Kier molecular flexibility index (Phi) is 10.9. The maximum absolute atomic E-state index is 13.5. The van der Waals surface area contributed by atoms with Gasteiger partial charge >= 0.3 is 5.97 Å². The molecule has 212 valence electrons. The molecule has 39 heavy (non-hydrogen) atoms. The Morgan fingerprint density at radius 2 is 1.87 bits per heavy atom. The van der Waals surface area contributed by atoms with Crippen LogP contribution in [-0.4, -0.2) is 54.8 Å². The molecular formula is C27H35ClN4O6S. The standard InChI is InChI=1S/C27H35ClN4O6S/c1-18(23(11-12-25(33)34)31-39(37,38)17-19-6-3-2-4-7-19)27(36)32-13-5-8-24(32)26(35)30-16-21-14-22(28)10-9-20(21)15-29/h2-4,6-7,9-10,14,18,23-24,31H,5,8,11-13,15-17,29H2,1H3,(H,30,35)(H,33,34). The number of sulfonamides is 1. The van der Waals surface area contributed by atoms with Crippen molar-refractivity contribution in [2.24, 2.45) is 11.7 Å². The first kappa shape index (κ1) is 30.6. The van der Waals surface area contributed by atoms with Crippen molar-refractivity contribution in [1.29, 1.82) is 0 Å². The third kappa shape index (κ3) is 8.76. The number of carbonyl (C=O) groups is 3. The van der Waals surface area contributed by atoms with Crippen molar-refractivity contribution in [3.05, 3.63) is 70.2 Å². The van der Waals surface area contributed by atoms with Crippen LogP contribution < -0.4 is 15.8 Å². The van der Waals surface area contributed by atoms with Crippen LogP contribution >= 0.6 is 11.6 Å². The summed E-state index contributed by atoms with van der Waals surface area (Å²) >= 11 is 6.09. The van der Waals surface area contributed by atoms with Gasteiger partial charge in [-0.3, -0.25) is 14.4 Å². The molecule has 0 saturated carbocycles.